The van der Waals surface area contributed by atoms with E-state index in [4.69, 9.17) is 9.47 Å². The number of aryl methyl sites for hydroxylation is 2. The van der Waals surface area contributed by atoms with Gasteiger partial charge in [-0.1, -0.05) is 6.07 Å². The third-order valence-corrected chi connectivity index (χ3v) is 4.01. The average Bonchev–Trinajstić information content (AvgIpc) is 2.89. The molecule has 1 fully saturated rings. The molecule has 0 bridgehead atoms. The Balaban J connectivity index is 1.73. The number of nitrogens with one attached hydrogen (secondary N) is 1. The summed E-state index contributed by atoms with van der Waals surface area (Å²) in [5, 5.41) is 13.4. The van der Waals surface area contributed by atoms with Crippen LogP contribution in [0.5, 0.6) is 5.75 Å². The van der Waals surface area contributed by atoms with Crippen LogP contribution in [0.3, 0.4) is 0 Å². The van der Waals surface area contributed by atoms with Crippen molar-refractivity contribution >= 4 is 0 Å². The van der Waals surface area contributed by atoms with Gasteiger partial charge < -0.3 is 19.9 Å². The monoisotopic (exact) mass is 293 g/mol. The second kappa shape index (κ2) is 7.78. The van der Waals surface area contributed by atoms with E-state index in [-0.39, 0.29) is 6.10 Å². The summed E-state index contributed by atoms with van der Waals surface area (Å²) >= 11 is 0. The van der Waals surface area contributed by atoms with Crippen LogP contribution in [0.15, 0.2) is 18.2 Å². The third kappa shape index (κ3) is 4.99. The summed E-state index contributed by atoms with van der Waals surface area (Å²) in [5.41, 5.74) is 2.35. The van der Waals surface area contributed by atoms with Crippen molar-refractivity contribution < 1.29 is 14.6 Å². The summed E-state index contributed by atoms with van der Waals surface area (Å²) in [6, 6.07) is 6.44. The van der Waals surface area contributed by atoms with Crippen LogP contribution in [0.2, 0.25) is 0 Å². The van der Waals surface area contributed by atoms with E-state index in [0.717, 1.165) is 18.6 Å². The Morgan fingerprint density at radius 2 is 1.95 bits per heavy atom. The fourth-order valence-corrected chi connectivity index (χ4v) is 3.00. The Hall–Kier alpha value is -1.10. The van der Waals surface area contributed by atoms with Crippen LogP contribution in [0.4, 0.5) is 0 Å². The lowest BCUT2D eigenvalue weighted by molar-refractivity contribution is 0.0687. The van der Waals surface area contributed by atoms with Crippen LogP contribution in [0, 0.1) is 13.8 Å². The first kappa shape index (κ1) is 16.3. The lowest BCUT2D eigenvalue weighted by Crippen LogP contribution is -2.42. The van der Waals surface area contributed by atoms with Gasteiger partial charge in [0, 0.05) is 19.7 Å². The molecule has 3 unspecified atom stereocenters. The van der Waals surface area contributed by atoms with Crippen LogP contribution in [-0.2, 0) is 4.74 Å². The van der Waals surface area contributed by atoms with Gasteiger partial charge in [-0.05, 0) is 56.4 Å². The summed E-state index contributed by atoms with van der Waals surface area (Å²) < 4.78 is 11.1. The van der Waals surface area contributed by atoms with Crippen molar-refractivity contribution in [1.82, 2.24) is 5.32 Å². The molecule has 3 atom stereocenters. The fraction of sp³-hybridized carbons (Fsp3) is 0.647. The van der Waals surface area contributed by atoms with Crippen LogP contribution in [0.1, 0.15) is 30.4 Å². The molecule has 0 saturated heterocycles. The molecule has 4 heteroatoms. The average molecular weight is 293 g/mol. The molecule has 1 aromatic rings. The van der Waals surface area contributed by atoms with Crippen molar-refractivity contribution in [3.05, 3.63) is 29.3 Å². The zero-order chi connectivity index (χ0) is 15.2. The number of methoxy groups -OCH3 is 1. The molecule has 0 radical (unpaired) electrons. The highest BCUT2D eigenvalue weighted by Gasteiger charge is 2.26. The quantitative estimate of drug-likeness (QED) is 0.809. The first-order valence-corrected chi connectivity index (χ1v) is 7.74. The van der Waals surface area contributed by atoms with Crippen LogP contribution >= 0.6 is 0 Å². The Bertz CT molecular complexity index is 429. The van der Waals surface area contributed by atoms with Gasteiger partial charge in [-0.2, -0.15) is 0 Å². The summed E-state index contributed by atoms with van der Waals surface area (Å²) in [4.78, 5) is 0. The number of ether oxygens (including phenoxy) is 2. The first-order chi connectivity index (χ1) is 10.1. The maximum atomic E-state index is 10.0. The lowest BCUT2D eigenvalue weighted by Gasteiger charge is -2.21. The first-order valence-electron chi connectivity index (χ1n) is 7.74. The molecule has 21 heavy (non-hydrogen) atoms. The normalized spacial score (nSPS) is 23.2. The van der Waals surface area contributed by atoms with Crippen molar-refractivity contribution in [3.8, 4) is 5.75 Å². The molecule has 1 aromatic carbocycles. The zero-order valence-electron chi connectivity index (χ0n) is 13.3. The minimum atomic E-state index is -0.510. The van der Waals surface area contributed by atoms with E-state index < -0.39 is 6.10 Å². The molecule has 0 spiro atoms. The van der Waals surface area contributed by atoms with E-state index in [1.54, 1.807) is 7.11 Å². The molecule has 0 heterocycles. The highest BCUT2D eigenvalue weighted by Crippen LogP contribution is 2.21. The van der Waals surface area contributed by atoms with Crippen LogP contribution in [-0.4, -0.2) is 43.6 Å². The zero-order valence-corrected chi connectivity index (χ0v) is 13.3. The molecule has 4 nitrogen and oxygen atoms in total. The van der Waals surface area contributed by atoms with Gasteiger partial charge in [0.2, 0.25) is 0 Å². The Labute approximate surface area is 127 Å². The van der Waals surface area contributed by atoms with Crippen molar-refractivity contribution in [3.63, 3.8) is 0 Å². The number of hydrogen-bond acceptors (Lipinski definition) is 4. The van der Waals surface area contributed by atoms with E-state index in [1.165, 1.54) is 17.5 Å². The van der Waals surface area contributed by atoms with Gasteiger partial charge >= 0.3 is 0 Å². The number of aliphatic hydroxyl groups is 1. The second-order valence-electron chi connectivity index (χ2n) is 6.01. The van der Waals surface area contributed by atoms with Gasteiger partial charge in [-0.15, -0.1) is 0 Å². The molecule has 2 N–H and O–H groups in total. The van der Waals surface area contributed by atoms with Crippen molar-refractivity contribution in [2.45, 2.75) is 51.4 Å². The molecule has 0 aromatic heterocycles. The molecular weight excluding hydrogens is 266 g/mol. The topological polar surface area (TPSA) is 50.7 Å². The molecule has 118 valence electrons. The van der Waals surface area contributed by atoms with Gasteiger partial charge in [0.05, 0.1) is 6.10 Å². The number of rotatable bonds is 7. The summed E-state index contributed by atoms with van der Waals surface area (Å²) in [5.74, 6) is 0.821. The number of hydrogen-bond donors (Lipinski definition) is 2. The SMILES string of the molecule is COC1CCCC1NCC(O)COc1cc(C)cc(C)c1. The van der Waals surface area contributed by atoms with Gasteiger partial charge in [-0.3, -0.25) is 0 Å². The minimum absolute atomic E-state index is 0.276. The largest absolute Gasteiger partial charge is 0.491 e. The predicted molar refractivity (Wildman–Crippen MR) is 83.9 cm³/mol. The summed E-state index contributed by atoms with van der Waals surface area (Å²) in [6.07, 6.45) is 3.17. The maximum absolute atomic E-state index is 10.0. The Morgan fingerprint density at radius 3 is 2.62 bits per heavy atom. The highest BCUT2D eigenvalue weighted by atomic mass is 16.5. The highest BCUT2D eigenvalue weighted by molar-refractivity contribution is 5.32. The standard InChI is InChI=1S/C17H27NO3/c1-12-7-13(2)9-15(8-12)21-11-14(19)10-18-16-5-4-6-17(16)20-3/h7-9,14,16-19H,4-6,10-11H2,1-3H3. The van der Waals surface area contributed by atoms with E-state index >= 15 is 0 Å². The van der Waals surface area contributed by atoms with Gasteiger partial charge in [0.15, 0.2) is 0 Å². The molecule has 1 aliphatic carbocycles. The van der Waals surface area contributed by atoms with Gasteiger partial charge in [0.1, 0.15) is 18.5 Å². The number of benzene rings is 1. The fourth-order valence-electron chi connectivity index (χ4n) is 3.00. The number of aliphatic hydroxyl groups excluding tert-OH is 1. The maximum Gasteiger partial charge on any atom is 0.119 e. The van der Waals surface area contributed by atoms with Gasteiger partial charge in [-0.25, -0.2) is 0 Å². The molecule has 2 rings (SSSR count). The lowest BCUT2D eigenvalue weighted by atomic mass is 10.1. The van der Waals surface area contributed by atoms with E-state index in [1.807, 2.05) is 26.0 Å². The van der Waals surface area contributed by atoms with E-state index in [2.05, 4.69) is 11.4 Å². The van der Waals surface area contributed by atoms with Crippen LogP contribution in [0.25, 0.3) is 0 Å². The van der Waals surface area contributed by atoms with Crippen molar-refractivity contribution in [2.75, 3.05) is 20.3 Å². The minimum Gasteiger partial charge on any atom is -0.491 e. The van der Waals surface area contributed by atoms with Crippen LogP contribution < -0.4 is 10.1 Å². The molecule has 1 saturated carbocycles. The van der Waals surface area contributed by atoms with E-state index in [9.17, 15) is 5.11 Å². The second-order valence-corrected chi connectivity index (χ2v) is 6.01. The van der Waals surface area contributed by atoms with Gasteiger partial charge in [0.25, 0.3) is 0 Å². The third-order valence-electron chi connectivity index (χ3n) is 4.01. The molecule has 0 aliphatic heterocycles. The Morgan fingerprint density at radius 1 is 1.24 bits per heavy atom. The van der Waals surface area contributed by atoms with Crippen molar-refractivity contribution in [2.24, 2.45) is 0 Å². The molecular formula is C17H27NO3. The molecule has 0 amide bonds. The summed E-state index contributed by atoms with van der Waals surface area (Å²) in [6.45, 7) is 4.93. The Kier molecular flexibility index (Phi) is 6.03. The van der Waals surface area contributed by atoms with E-state index in [0.29, 0.717) is 19.2 Å². The summed E-state index contributed by atoms with van der Waals surface area (Å²) in [7, 11) is 1.75. The smallest absolute Gasteiger partial charge is 0.119 e. The predicted octanol–water partition coefficient (Wildman–Crippen LogP) is 2.20. The molecule has 1 aliphatic rings. The van der Waals surface area contributed by atoms with Crippen molar-refractivity contribution in [1.29, 1.82) is 0 Å².